The van der Waals surface area contributed by atoms with E-state index in [9.17, 15) is 9.18 Å². The average Bonchev–Trinajstić information content (AvgIpc) is 2.88. The van der Waals surface area contributed by atoms with Crippen LogP contribution in [0.4, 0.5) is 10.2 Å². The highest BCUT2D eigenvalue weighted by atomic mass is 19.1. The third-order valence-corrected chi connectivity index (χ3v) is 3.34. The molecule has 0 bridgehead atoms. The largest absolute Gasteiger partial charge is 0.309 e. The van der Waals surface area contributed by atoms with Gasteiger partial charge in [-0.05, 0) is 18.1 Å². The molecule has 3 aromatic rings. The highest BCUT2D eigenvalue weighted by Gasteiger charge is 2.13. The highest BCUT2D eigenvalue weighted by Crippen LogP contribution is 2.18. The number of anilines is 1. The number of amides is 1. The Bertz CT molecular complexity index is 859. The lowest BCUT2D eigenvalue weighted by Gasteiger charge is -2.10. The fraction of sp³-hybridized carbons (Fsp3) is 0.250. The number of rotatable bonds is 4. The molecule has 0 saturated carbocycles. The summed E-state index contributed by atoms with van der Waals surface area (Å²) in [4.78, 5) is 24.9. The van der Waals surface area contributed by atoms with Crippen LogP contribution < -0.4 is 5.32 Å². The summed E-state index contributed by atoms with van der Waals surface area (Å²) in [5, 5.41) is 2.76. The Morgan fingerprint density at radius 1 is 1.26 bits per heavy atom. The molecular weight excluding hydrogens is 297 g/mol. The number of hydrogen-bond donors (Lipinski definition) is 1. The highest BCUT2D eigenvalue weighted by molar-refractivity contribution is 5.91. The molecule has 3 rings (SSSR count). The summed E-state index contributed by atoms with van der Waals surface area (Å²) in [6.07, 6.45) is 6.18. The van der Waals surface area contributed by atoms with Gasteiger partial charge >= 0.3 is 0 Å². The standard InChI is InChI=1S/C16H16FN5O/c1-10(2)15-16(19-6-5-18-15)21-14(23)7-12-9-22-8-11(17)3-4-13(22)20-12/h3-6,8-10H,7H2,1-2H3,(H,19,21,23). The number of hydrogen-bond acceptors (Lipinski definition) is 4. The quantitative estimate of drug-likeness (QED) is 0.803. The predicted molar refractivity (Wildman–Crippen MR) is 83.6 cm³/mol. The minimum Gasteiger partial charge on any atom is -0.309 e. The molecule has 118 valence electrons. The Hall–Kier alpha value is -2.83. The second kappa shape index (κ2) is 6.12. The summed E-state index contributed by atoms with van der Waals surface area (Å²) < 4.78 is 14.7. The molecule has 0 aromatic carbocycles. The summed E-state index contributed by atoms with van der Waals surface area (Å²) >= 11 is 0. The first-order valence-corrected chi connectivity index (χ1v) is 7.27. The minimum atomic E-state index is -0.355. The Morgan fingerprint density at radius 3 is 2.83 bits per heavy atom. The van der Waals surface area contributed by atoms with Crippen molar-refractivity contribution in [1.29, 1.82) is 0 Å². The van der Waals surface area contributed by atoms with Crippen LogP contribution in [0.3, 0.4) is 0 Å². The number of nitrogens with zero attached hydrogens (tertiary/aromatic N) is 4. The number of pyridine rings is 1. The predicted octanol–water partition coefficient (Wildman–Crippen LogP) is 2.57. The lowest BCUT2D eigenvalue weighted by molar-refractivity contribution is -0.115. The van der Waals surface area contributed by atoms with Crippen molar-refractivity contribution in [2.45, 2.75) is 26.2 Å². The normalized spacial score (nSPS) is 11.1. The molecule has 0 spiro atoms. The van der Waals surface area contributed by atoms with Crippen molar-refractivity contribution in [2.75, 3.05) is 5.32 Å². The van der Waals surface area contributed by atoms with Gasteiger partial charge in [0.15, 0.2) is 5.82 Å². The van der Waals surface area contributed by atoms with Gasteiger partial charge in [0.25, 0.3) is 0 Å². The van der Waals surface area contributed by atoms with Crippen LogP contribution >= 0.6 is 0 Å². The Labute approximate surface area is 132 Å². The second-order valence-corrected chi connectivity index (χ2v) is 5.51. The van der Waals surface area contributed by atoms with Gasteiger partial charge in [-0.15, -0.1) is 0 Å². The molecular formula is C16H16FN5O. The fourth-order valence-electron chi connectivity index (χ4n) is 2.31. The van der Waals surface area contributed by atoms with E-state index in [0.717, 1.165) is 5.69 Å². The first-order valence-electron chi connectivity index (χ1n) is 7.27. The summed E-state index contributed by atoms with van der Waals surface area (Å²) in [6.45, 7) is 3.96. The van der Waals surface area contributed by atoms with Crippen LogP contribution in [-0.2, 0) is 11.2 Å². The number of fused-ring (bicyclic) bond motifs is 1. The van der Waals surface area contributed by atoms with Crippen molar-refractivity contribution in [3.63, 3.8) is 0 Å². The Morgan fingerprint density at radius 2 is 2.04 bits per heavy atom. The first kappa shape index (κ1) is 15.1. The molecule has 0 aliphatic carbocycles. The monoisotopic (exact) mass is 313 g/mol. The van der Waals surface area contributed by atoms with Crippen LogP contribution in [0.5, 0.6) is 0 Å². The summed E-state index contributed by atoms with van der Waals surface area (Å²) in [7, 11) is 0. The topological polar surface area (TPSA) is 72.2 Å². The van der Waals surface area contributed by atoms with Crippen LogP contribution in [0.25, 0.3) is 5.65 Å². The molecule has 0 fully saturated rings. The van der Waals surface area contributed by atoms with Crippen molar-refractivity contribution >= 4 is 17.4 Å². The van der Waals surface area contributed by atoms with E-state index in [1.807, 2.05) is 13.8 Å². The van der Waals surface area contributed by atoms with Gasteiger partial charge in [-0.2, -0.15) is 0 Å². The van der Waals surface area contributed by atoms with E-state index < -0.39 is 0 Å². The third kappa shape index (κ3) is 3.33. The van der Waals surface area contributed by atoms with Gasteiger partial charge in [0, 0.05) is 24.8 Å². The summed E-state index contributed by atoms with van der Waals surface area (Å²) in [5.41, 5.74) is 1.89. The molecule has 1 amide bonds. The van der Waals surface area contributed by atoms with Crippen molar-refractivity contribution in [3.8, 4) is 0 Å². The average molecular weight is 313 g/mol. The van der Waals surface area contributed by atoms with E-state index in [1.165, 1.54) is 18.5 Å². The molecule has 0 atom stereocenters. The summed E-state index contributed by atoms with van der Waals surface area (Å²) in [6, 6.07) is 2.90. The zero-order chi connectivity index (χ0) is 16.4. The van der Waals surface area contributed by atoms with Crippen LogP contribution in [0.1, 0.15) is 31.2 Å². The number of imidazole rings is 1. The van der Waals surface area contributed by atoms with Gasteiger partial charge in [-0.25, -0.2) is 14.4 Å². The van der Waals surface area contributed by atoms with Crippen LogP contribution in [0.2, 0.25) is 0 Å². The molecule has 3 aromatic heterocycles. The minimum absolute atomic E-state index is 0.0808. The number of carbonyl (C=O) groups is 1. The zero-order valence-electron chi connectivity index (χ0n) is 12.8. The van der Waals surface area contributed by atoms with E-state index in [1.54, 1.807) is 22.9 Å². The van der Waals surface area contributed by atoms with Gasteiger partial charge in [0.1, 0.15) is 11.5 Å². The molecule has 1 N–H and O–H groups in total. The van der Waals surface area contributed by atoms with E-state index in [4.69, 9.17) is 0 Å². The molecule has 23 heavy (non-hydrogen) atoms. The maximum atomic E-state index is 13.2. The first-order chi connectivity index (χ1) is 11.0. The zero-order valence-corrected chi connectivity index (χ0v) is 12.8. The van der Waals surface area contributed by atoms with E-state index in [0.29, 0.717) is 17.2 Å². The Kier molecular flexibility index (Phi) is 4.01. The SMILES string of the molecule is CC(C)c1nccnc1NC(=O)Cc1cn2cc(F)ccc2n1. The van der Waals surface area contributed by atoms with Crippen molar-refractivity contribution in [1.82, 2.24) is 19.4 Å². The number of halogens is 1. The molecule has 0 unspecified atom stereocenters. The molecule has 0 aliphatic heterocycles. The van der Waals surface area contributed by atoms with Crippen LogP contribution in [0, 0.1) is 5.82 Å². The third-order valence-electron chi connectivity index (χ3n) is 3.34. The lowest BCUT2D eigenvalue weighted by Crippen LogP contribution is -2.17. The van der Waals surface area contributed by atoms with Crippen LogP contribution in [-0.4, -0.2) is 25.3 Å². The van der Waals surface area contributed by atoms with Gasteiger partial charge in [-0.1, -0.05) is 13.8 Å². The number of aromatic nitrogens is 4. The fourth-order valence-corrected chi connectivity index (χ4v) is 2.31. The molecule has 3 heterocycles. The maximum Gasteiger partial charge on any atom is 0.231 e. The van der Waals surface area contributed by atoms with Gasteiger partial charge < -0.3 is 9.72 Å². The lowest BCUT2D eigenvalue weighted by atomic mass is 10.1. The van der Waals surface area contributed by atoms with Crippen molar-refractivity contribution in [3.05, 3.63) is 54.1 Å². The molecule has 6 nitrogen and oxygen atoms in total. The molecule has 0 aliphatic rings. The second-order valence-electron chi connectivity index (χ2n) is 5.51. The maximum absolute atomic E-state index is 13.2. The molecule has 7 heteroatoms. The van der Waals surface area contributed by atoms with Gasteiger partial charge in [0.05, 0.1) is 17.8 Å². The van der Waals surface area contributed by atoms with E-state index in [-0.39, 0.29) is 24.1 Å². The van der Waals surface area contributed by atoms with Crippen molar-refractivity contribution in [2.24, 2.45) is 0 Å². The Balaban J connectivity index is 1.76. The van der Waals surface area contributed by atoms with Gasteiger partial charge in [0.2, 0.25) is 5.91 Å². The molecule has 0 radical (unpaired) electrons. The number of nitrogens with one attached hydrogen (secondary N) is 1. The van der Waals surface area contributed by atoms with Gasteiger partial charge in [-0.3, -0.25) is 9.78 Å². The smallest absolute Gasteiger partial charge is 0.231 e. The van der Waals surface area contributed by atoms with E-state index in [2.05, 4.69) is 20.3 Å². The van der Waals surface area contributed by atoms with Crippen molar-refractivity contribution < 1.29 is 9.18 Å². The van der Waals surface area contributed by atoms with Crippen LogP contribution in [0.15, 0.2) is 36.9 Å². The summed E-state index contributed by atoms with van der Waals surface area (Å²) in [5.74, 6) is 0.0165. The molecule has 0 saturated heterocycles. The van der Waals surface area contributed by atoms with E-state index >= 15 is 0 Å². The number of carbonyl (C=O) groups excluding carboxylic acids is 1.